The normalized spacial score (nSPS) is 13.9. The molecule has 0 aliphatic rings. The average Bonchev–Trinajstić information content (AvgIpc) is 2.32. The second-order valence-electron chi connectivity index (χ2n) is 3.69. The quantitative estimate of drug-likeness (QED) is 0.533. The van der Waals surface area contributed by atoms with Crippen molar-refractivity contribution in [1.29, 1.82) is 0 Å². The molecule has 2 atom stereocenters. The summed E-state index contributed by atoms with van der Waals surface area (Å²) in [6.45, 7) is 1.84. The van der Waals surface area contributed by atoms with Crippen LogP contribution in [0, 0.1) is 0 Å². The van der Waals surface area contributed by atoms with E-state index in [2.05, 4.69) is 9.72 Å². The maximum atomic E-state index is 11.1. The number of aromatic hydroxyl groups is 1. The van der Waals surface area contributed by atoms with E-state index in [1.807, 2.05) is 0 Å². The number of carbonyl (C=O) groups is 1. The van der Waals surface area contributed by atoms with Gasteiger partial charge in [-0.15, -0.1) is 0 Å². The summed E-state index contributed by atoms with van der Waals surface area (Å²) < 4.78 is 4.65. The molecule has 0 aliphatic carbocycles. The van der Waals surface area contributed by atoms with Crippen LogP contribution in [-0.4, -0.2) is 39.0 Å². The molecule has 1 rings (SSSR count). The number of anilines is 1. The Kier molecular flexibility index (Phi) is 4.87. The molecule has 0 radical (unpaired) electrons. The van der Waals surface area contributed by atoms with Crippen LogP contribution in [0.2, 0.25) is 0 Å². The molecule has 0 bridgehead atoms. The third kappa shape index (κ3) is 3.57. The van der Waals surface area contributed by atoms with Crippen LogP contribution >= 0.6 is 0 Å². The fourth-order valence-electron chi connectivity index (χ4n) is 1.37. The minimum absolute atomic E-state index is 0.0779. The highest BCUT2D eigenvalue weighted by atomic mass is 16.5. The van der Waals surface area contributed by atoms with Gasteiger partial charge >= 0.3 is 5.97 Å². The number of esters is 1. The molecule has 0 amide bonds. The Morgan fingerprint density at radius 3 is 2.78 bits per heavy atom. The molecule has 0 aromatic carbocycles. The summed E-state index contributed by atoms with van der Waals surface area (Å²) >= 11 is 0. The fraction of sp³-hybridized carbons (Fsp3) is 0.455. The molecule has 100 valence electrons. The van der Waals surface area contributed by atoms with Crippen LogP contribution in [0.5, 0.6) is 5.75 Å². The Morgan fingerprint density at radius 1 is 1.56 bits per heavy atom. The van der Waals surface area contributed by atoms with E-state index in [4.69, 9.17) is 5.73 Å². The summed E-state index contributed by atoms with van der Waals surface area (Å²) in [5, 5.41) is 28.7. The maximum Gasteiger partial charge on any atom is 0.308 e. The van der Waals surface area contributed by atoms with Crippen molar-refractivity contribution < 1.29 is 24.9 Å². The Labute approximate surface area is 104 Å². The average molecular weight is 256 g/mol. The first kappa shape index (κ1) is 14.2. The summed E-state index contributed by atoms with van der Waals surface area (Å²) in [4.78, 5) is 14.8. The van der Waals surface area contributed by atoms with E-state index >= 15 is 0 Å². The topological polar surface area (TPSA) is 126 Å². The summed E-state index contributed by atoms with van der Waals surface area (Å²) in [7, 11) is 0. The fourth-order valence-corrected chi connectivity index (χ4v) is 1.37. The number of ether oxygens (including phenoxy) is 1. The van der Waals surface area contributed by atoms with E-state index < -0.39 is 18.2 Å². The van der Waals surface area contributed by atoms with E-state index in [1.165, 1.54) is 12.3 Å². The predicted molar refractivity (Wildman–Crippen MR) is 62.5 cm³/mol. The zero-order valence-corrected chi connectivity index (χ0v) is 9.91. The first-order valence-corrected chi connectivity index (χ1v) is 5.41. The van der Waals surface area contributed by atoms with E-state index in [9.17, 15) is 20.1 Å². The van der Waals surface area contributed by atoms with Crippen molar-refractivity contribution in [2.24, 2.45) is 0 Å². The molecule has 0 aliphatic heterocycles. The number of aliphatic hydroxyl groups excluding tert-OH is 2. The van der Waals surface area contributed by atoms with Gasteiger partial charge in [-0.25, -0.2) is 4.98 Å². The summed E-state index contributed by atoms with van der Waals surface area (Å²) in [5.74, 6) is -0.989. The molecule has 2 unspecified atom stereocenters. The van der Waals surface area contributed by atoms with Gasteiger partial charge in [-0.1, -0.05) is 0 Å². The van der Waals surface area contributed by atoms with Gasteiger partial charge in [0.15, 0.2) is 11.6 Å². The van der Waals surface area contributed by atoms with E-state index in [0.29, 0.717) is 0 Å². The van der Waals surface area contributed by atoms with Crippen LogP contribution in [0.4, 0.5) is 5.82 Å². The number of hydrogen-bond donors (Lipinski definition) is 4. The number of rotatable bonds is 5. The van der Waals surface area contributed by atoms with Crippen LogP contribution in [0.3, 0.4) is 0 Å². The zero-order chi connectivity index (χ0) is 13.7. The lowest BCUT2D eigenvalue weighted by Gasteiger charge is -2.17. The van der Waals surface area contributed by atoms with Crippen molar-refractivity contribution in [2.45, 2.75) is 25.6 Å². The van der Waals surface area contributed by atoms with Crippen molar-refractivity contribution in [1.82, 2.24) is 4.98 Å². The Hall–Kier alpha value is -1.86. The molecule has 7 heteroatoms. The second-order valence-corrected chi connectivity index (χ2v) is 3.69. The molecule has 7 nitrogen and oxygen atoms in total. The lowest BCUT2D eigenvalue weighted by atomic mass is 10.0. The first-order chi connectivity index (χ1) is 8.45. The summed E-state index contributed by atoms with van der Waals surface area (Å²) in [6.07, 6.45) is -1.82. The standard InChI is InChI=1S/C11H16N2O5/c1-2-18-9(16)4-7(14)10(17)6-3-8(15)11(12)13-5-6/h3,5,7,10,14-15,17H,2,4H2,1H3,(H2,12,13). The van der Waals surface area contributed by atoms with Crippen molar-refractivity contribution in [3.05, 3.63) is 17.8 Å². The van der Waals surface area contributed by atoms with Crippen LogP contribution in [0.25, 0.3) is 0 Å². The zero-order valence-electron chi connectivity index (χ0n) is 9.91. The van der Waals surface area contributed by atoms with Gasteiger partial charge in [0.2, 0.25) is 0 Å². The number of aliphatic hydroxyl groups is 2. The Bertz CT molecular complexity index is 424. The van der Waals surface area contributed by atoms with Crippen LogP contribution in [0.1, 0.15) is 25.0 Å². The van der Waals surface area contributed by atoms with Gasteiger partial charge in [-0.3, -0.25) is 4.79 Å². The number of aromatic nitrogens is 1. The summed E-state index contributed by atoms with van der Waals surface area (Å²) in [6, 6.07) is 1.18. The van der Waals surface area contributed by atoms with Gasteiger partial charge in [0.05, 0.1) is 19.1 Å². The molecule has 0 spiro atoms. The number of nitrogens with zero attached hydrogens (tertiary/aromatic N) is 1. The molecule has 0 saturated heterocycles. The van der Waals surface area contributed by atoms with Crippen molar-refractivity contribution in [3.8, 4) is 5.75 Å². The van der Waals surface area contributed by atoms with Crippen LogP contribution in [0.15, 0.2) is 12.3 Å². The molecule has 0 saturated carbocycles. The number of nitrogens with two attached hydrogens (primary N) is 1. The molecular formula is C11H16N2O5. The van der Waals surface area contributed by atoms with Crippen LogP contribution in [-0.2, 0) is 9.53 Å². The monoisotopic (exact) mass is 256 g/mol. The number of hydrogen-bond acceptors (Lipinski definition) is 7. The summed E-state index contributed by atoms with van der Waals surface area (Å²) in [5.41, 5.74) is 5.47. The van der Waals surface area contributed by atoms with Gasteiger partial charge in [0, 0.05) is 11.8 Å². The Balaban J connectivity index is 2.70. The third-order valence-corrected chi connectivity index (χ3v) is 2.31. The van der Waals surface area contributed by atoms with E-state index in [0.717, 1.165) is 0 Å². The molecule has 1 aromatic rings. The maximum absolute atomic E-state index is 11.1. The van der Waals surface area contributed by atoms with Crippen molar-refractivity contribution in [2.75, 3.05) is 12.3 Å². The van der Waals surface area contributed by atoms with Gasteiger partial charge < -0.3 is 25.8 Å². The van der Waals surface area contributed by atoms with E-state index in [-0.39, 0.29) is 30.2 Å². The molecule has 1 aromatic heterocycles. The number of nitrogen functional groups attached to an aromatic ring is 1. The molecule has 1 heterocycles. The number of pyridine rings is 1. The predicted octanol–water partition coefficient (Wildman–Crippen LogP) is -0.283. The highest BCUT2D eigenvalue weighted by Crippen LogP contribution is 2.25. The Morgan fingerprint density at radius 2 is 2.22 bits per heavy atom. The first-order valence-electron chi connectivity index (χ1n) is 5.41. The lowest BCUT2D eigenvalue weighted by Crippen LogP contribution is -2.23. The third-order valence-electron chi connectivity index (χ3n) is 2.31. The lowest BCUT2D eigenvalue weighted by molar-refractivity contribution is -0.147. The highest BCUT2D eigenvalue weighted by molar-refractivity contribution is 5.70. The van der Waals surface area contributed by atoms with Crippen LogP contribution < -0.4 is 5.73 Å². The number of carbonyl (C=O) groups excluding carboxylic acids is 1. The molecule has 18 heavy (non-hydrogen) atoms. The highest BCUT2D eigenvalue weighted by Gasteiger charge is 2.23. The minimum Gasteiger partial charge on any atom is -0.504 e. The van der Waals surface area contributed by atoms with Gasteiger partial charge in [0.25, 0.3) is 0 Å². The van der Waals surface area contributed by atoms with E-state index in [1.54, 1.807) is 6.92 Å². The van der Waals surface area contributed by atoms with Crippen molar-refractivity contribution in [3.63, 3.8) is 0 Å². The molecular weight excluding hydrogens is 240 g/mol. The largest absolute Gasteiger partial charge is 0.504 e. The van der Waals surface area contributed by atoms with Gasteiger partial charge in [-0.05, 0) is 13.0 Å². The SMILES string of the molecule is CCOC(=O)CC(O)C(O)c1cnc(N)c(O)c1. The smallest absolute Gasteiger partial charge is 0.308 e. The van der Waals surface area contributed by atoms with Crippen molar-refractivity contribution >= 4 is 11.8 Å². The van der Waals surface area contributed by atoms with Gasteiger partial charge in [-0.2, -0.15) is 0 Å². The van der Waals surface area contributed by atoms with Gasteiger partial charge in [0.1, 0.15) is 6.10 Å². The molecule has 0 fully saturated rings. The minimum atomic E-state index is -1.35. The second kappa shape index (κ2) is 6.18. The molecule has 5 N–H and O–H groups in total.